The highest BCUT2D eigenvalue weighted by Crippen LogP contribution is 2.31. The molecule has 94 valence electrons. The van der Waals surface area contributed by atoms with Gasteiger partial charge in [0.15, 0.2) is 5.75 Å². The highest BCUT2D eigenvalue weighted by molar-refractivity contribution is 5.58. The molecule has 2 heterocycles. The van der Waals surface area contributed by atoms with Gasteiger partial charge in [-0.25, -0.2) is 0 Å². The monoisotopic (exact) mass is 235 g/mol. The van der Waals surface area contributed by atoms with Gasteiger partial charge < -0.3 is 15.0 Å². The second-order valence-corrected chi connectivity index (χ2v) is 4.66. The van der Waals surface area contributed by atoms with Crippen molar-refractivity contribution in [3.05, 3.63) is 18.0 Å². The van der Waals surface area contributed by atoms with Crippen molar-refractivity contribution in [1.82, 2.24) is 10.3 Å². The number of methoxy groups -OCH3 is 1. The summed E-state index contributed by atoms with van der Waals surface area (Å²) in [6.07, 6.45) is 3.06. The molecule has 0 aliphatic carbocycles. The van der Waals surface area contributed by atoms with Crippen LogP contribution in [0.1, 0.15) is 12.1 Å². The summed E-state index contributed by atoms with van der Waals surface area (Å²) in [5, 5.41) is 3.25. The van der Waals surface area contributed by atoms with Crippen molar-refractivity contribution in [1.29, 1.82) is 0 Å². The number of aryl methyl sites for hydroxylation is 1. The normalized spacial score (nSPS) is 19.7. The van der Waals surface area contributed by atoms with Crippen molar-refractivity contribution >= 4 is 5.69 Å². The minimum atomic E-state index is 0.734. The van der Waals surface area contributed by atoms with Gasteiger partial charge in [0.05, 0.1) is 19.0 Å². The van der Waals surface area contributed by atoms with Crippen molar-refractivity contribution in [2.45, 2.75) is 13.3 Å². The van der Waals surface area contributed by atoms with E-state index in [1.807, 2.05) is 20.2 Å². The van der Waals surface area contributed by atoms with Gasteiger partial charge in [0.2, 0.25) is 0 Å². The number of aromatic nitrogens is 1. The predicted molar refractivity (Wildman–Crippen MR) is 69.8 cm³/mol. The van der Waals surface area contributed by atoms with E-state index < -0.39 is 0 Å². The van der Waals surface area contributed by atoms with Crippen LogP contribution in [-0.4, -0.2) is 38.8 Å². The summed E-state index contributed by atoms with van der Waals surface area (Å²) in [5.41, 5.74) is 2.22. The van der Waals surface area contributed by atoms with Crippen molar-refractivity contribution in [3.63, 3.8) is 0 Å². The van der Waals surface area contributed by atoms with Crippen molar-refractivity contribution in [2.24, 2.45) is 5.92 Å². The largest absolute Gasteiger partial charge is 0.493 e. The first kappa shape index (κ1) is 12.2. The summed E-state index contributed by atoms with van der Waals surface area (Å²) >= 11 is 0. The van der Waals surface area contributed by atoms with Gasteiger partial charge in [0.25, 0.3) is 0 Å². The molecule has 0 radical (unpaired) electrons. The summed E-state index contributed by atoms with van der Waals surface area (Å²) in [7, 11) is 3.72. The maximum atomic E-state index is 5.39. The van der Waals surface area contributed by atoms with Crippen LogP contribution in [0.25, 0.3) is 0 Å². The molecule has 0 spiro atoms. The molecular weight excluding hydrogens is 214 g/mol. The quantitative estimate of drug-likeness (QED) is 0.857. The Hall–Kier alpha value is -1.29. The van der Waals surface area contributed by atoms with E-state index in [2.05, 4.69) is 21.3 Å². The van der Waals surface area contributed by atoms with Crippen molar-refractivity contribution in [3.8, 4) is 5.75 Å². The molecule has 4 heteroatoms. The predicted octanol–water partition coefficient (Wildman–Crippen LogP) is 1.44. The summed E-state index contributed by atoms with van der Waals surface area (Å²) < 4.78 is 5.39. The Bertz CT molecular complexity index is 381. The molecule has 1 unspecified atom stereocenters. The lowest BCUT2D eigenvalue weighted by molar-refractivity contribution is 0.412. The first-order valence-corrected chi connectivity index (χ1v) is 6.14. The molecule has 0 amide bonds. The third-order valence-electron chi connectivity index (χ3n) is 3.32. The fraction of sp³-hybridized carbons (Fsp3) is 0.615. The van der Waals surface area contributed by atoms with Gasteiger partial charge >= 0.3 is 0 Å². The van der Waals surface area contributed by atoms with Gasteiger partial charge in [-0.1, -0.05) is 0 Å². The highest BCUT2D eigenvalue weighted by atomic mass is 16.5. The Kier molecular flexibility index (Phi) is 3.84. The standard InChI is InChI=1S/C13H21N3O/c1-10-6-12(13(17-3)8-15-10)16-5-4-11(9-16)7-14-2/h6,8,11,14H,4-5,7,9H2,1-3H3. The number of rotatable bonds is 4. The van der Waals surface area contributed by atoms with Crippen LogP contribution in [0.3, 0.4) is 0 Å². The molecule has 1 atom stereocenters. The van der Waals surface area contributed by atoms with E-state index in [0.29, 0.717) is 0 Å². The van der Waals surface area contributed by atoms with Gasteiger partial charge in [-0.3, -0.25) is 4.98 Å². The molecule has 0 bridgehead atoms. The third-order valence-corrected chi connectivity index (χ3v) is 3.32. The fourth-order valence-electron chi connectivity index (χ4n) is 2.44. The van der Waals surface area contributed by atoms with E-state index in [9.17, 15) is 0 Å². The first-order chi connectivity index (χ1) is 8.24. The molecule has 1 aliphatic heterocycles. The molecule has 1 aliphatic rings. The van der Waals surface area contributed by atoms with Crippen molar-refractivity contribution in [2.75, 3.05) is 38.7 Å². The summed E-state index contributed by atoms with van der Waals surface area (Å²) in [4.78, 5) is 6.67. The minimum Gasteiger partial charge on any atom is -0.493 e. The molecular formula is C13H21N3O. The SMILES string of the molecule is CNCC1CCN(c2cc(C)ncc2OC)C1. The Morgan fingerprint density at radius 3 is 3.12 bits per heavy atom. The molecule has 1 aromatic heterocycles. The lowest BCUT2D eigenvalue weighted by Gasteiger charge is -2.21. The molecule has 0 aromatic carbocycles. The van der Waals surface area contributed by atoms with Gasteiger partial charge in [-0.2, -0.15) is 0 Å². The maximum absolute atomic E-state index is 5.39. The van der Waals surface area contributed by atoms with Gasteiger partial charge in [-0.05, 0) is 38.9 Å². The van der Waals surface area contributed by atoms with Gasteiger partial charge in [0.1, 0.15) is 0 Å². The lowest BCUT2D eigenvalue weighted by Crippen LogP contribution is -2.24. The maximum Gasteiger partial charge on any atom is 0.160 e. The number of nitrogens with zero attached hydrogens (tertiary/aromatic N) is 2. The Morgan fingerprint density at radius 1 is 1.59 bits per heavy atom. The molecule has 1 fully saturated rings. The van der Waals surface area contributed by atoms with Crippen LogP contribution in [0, 0.1) is 12.8 Å². The van der Waals surface area contributed by atoms with Gasteiger partial charge in [0, 0.05) is 18.8 Å². The Balaban J connectivity index is 2.14. The molecule has 1 N–H and O–H groups in total. The zero-order valence-corrected chi connectivity index (χ0v) is 10.9. The Labute approximate surface area is 103 Å². The zero-order chi connectivity index (χ0) is 12.3. The smallest absolute Gasteiger partial charge is 0.160 e. The average molecular weight is 235 g/mol. The number of pyridine rings is 1. The number of nitrogens with one attached hydrogen (secondary N) is 1. The van der Waals surface area contributed by atoms with Crippen LogP contribution < -0.4 is 15.0 Å². The van der Waals surface area contributed by atoms with Crippen LogP contribution in [0.5, 0.6) is 5.75 Å². The molecule has 0 saturated carbocycles. The van der Waals surface area contributed by atoms with E-state index >= 15 is 0 Å². The topological polar surface area (TPSA) is 37.4 Å². The summed E-state index contributed by atoms with van der Waals surface area (Å²) in [6, 6.07) is 2.11. The molecule has 4 nitrogen and oxygen atoms in total. The molecule has 2 rings (SSSR count). The summed E-state index contributed by atoms with van der Waals surface area (Å²) in [5.74, 6) is 1.61. The number of ether oxygens (including phenoxy) is 1. The van der Waals surface area contributed by atoms with E-state index in [-0.39, 0.29) is 0 Å². The van der Waals surface area contributed by atoms with E-state index in [1.54, 1.807) is 7.11 Å². The number of anilines is 1. The first-order valence-electron chi connectivity index (χ1n) is 6.14. The molecule has 1 aromatic rings. The van der Waals surface area contributed by atoms with E-state index in [1.165, 1.54) is 12.1 Å². The number of hydrogen-bond donors (Lipinski definition) is 1. The molecule has 1 saturated heterocycles. The average Bonchev–Trinajstić information content (AvgIpc) is 2.78. The fourth-order valence-corrected chi connectivity index (χ4v) is 2.44. The lowest BCUT2D eigenvalue weighted by atomic mass is 10.1. The van der Waals surface area contributed by atoms with E-state index in [4.69, 9.17) is 4.74 Å². The third kappa shape index (κ3) is 2.69. The van der Waals surface area contributed by atoms with Crippen LogP contribution >= 0.6 is 0 Å². The minimum absolute atomic E-state index is 0.734. The van der Waals surface area contributed by atoms with Crippen LogP contribution in [0.4, 0.5) is 5.69 Å². The highest BCUT2D eigenvalue weighted by Gasteiger charge is 2.24. The van der Waals surface area contributed by atoms with Crippen LogP contribution in [0.15, 0.2) is 12.3 Å². The number of hydrogen-bond acceptors (Lipinski definition) is 4. The Morgan fingerprint density at radius 2 is 2.41 bits per heavy atom. The van der Waals surface area contributed by atoms with E-state index in [0.717, 1.165) is 37.0 Å². The zero-order valence-electron chi connectivity index (χ0n) is 10.9. The van der Waals surface area contributed by atoms with Gasteiger partial charge in [-0.15, -0.1) is 0 Å². The van der Waals surface area contributed by atoms with Crippen molar-refractivity contribution < 1.29 is 4.74 Å². The van der Waals surface area contributed by atoms with Crippen LogP contribution in [-0.2, 0) is 0 Å². The molecule has 17 heavy (non-hydrogen) atoms. The summed E-state index contributed by atoms with van der Waals surface area (Å²) in [6.45, 7) is 5.31. The second kappa shape index (κ2) is 5.36. The second-order valence-electron chi connectivity index (χ2n) is 4.66. The van der Waals surface area contributed by atoms with Crippen LogP contribution in [0.2, 0.25) is 0 Å².